The van der Waals surface area contributed by atoms with E-state index in [0.717, 1.165) is 0 Å². The Hall–Kier alpha value is -0.330. The van der Waals surface area contributed by atoms with E-state index in [1.54, 1.807) is 11.9 Å². The van der Waals surface area contributed by atoms with Gasteiger partial charge >= 0.3 is 6.18 Å². The van der Waals surface area contributed by atoms with Crippen LogP contribution in [-0.4, -0.2) is 53.1 Å². The van der Waals surface area contributed by atoms with Crippen molar-refractivity contribution in [3.63, 3.8) is 0 Å². The number of β-amino-alcohol motifs (C(OH)–C–C–N with tert-alkyl or cyclic N) is 1. The van der Waals surface area contributed by atoms with Crippen LogP contribution < -0.4 is 0 Å². The van der Waals surface area contributed by atoms with Gasteiger partial charge < -0.3 is 15.1 Å². The fraction of sp³-hybridized carbons (Fsp3) is 1.00. The SMILES string of the molecule is CN1CCC(O)(C(F)(F)F)C(O)C1. The van der Waals surface area contributed by atoms with Crippen LogP contribution in [0.3, 0.4) is 0 Å². The van der Waals surface area contributed by atoms with Gasteiger partial charge in [-0.1, -0.05) is 0 Å². The van der Waals surface area contributed by atoms with Gasteiger partial charge in [-0.3, -0.25) is 0 Å². The molecule has 0 aromatic rings. The molecule has 0 bridgehead atoms. The van der Waals surface area contributed by atoms with Gasteiger partial charge in [0.15, 0.2) is 5.60 Å². The maximum absolute atomic E-state index is 12.3. The molecule has 2 N–H and O–H groups in total. The molecule has 2 unspecified atom stereocenters. The van der Waals surface area contributed by atoms with E-state index in [0.29, 0.717) is 0 Å². The van der Waals surface area contributed by atoms with Gasteiger partial charge in [0.1, 0.15) is 6.10 Å². The van der Waals surface area contributed by atoms with E-state index < -0.39 is 24.3 Å². The van der Waals surface area contributed by atoms with Crippen LogP contribution in [0.2, 0.25) is 0 Å². The van der Waals surface area contributed by atoms with Crippen molar-refractivity contribution in [2.24, 2.45) is 0 Å². The number of rotatable bonds is 0. The molecule has 2 atom stereocenters. The first kappa shape index (κ1) is 10.7. The number of likely N-dealkylation sites (N-methyl/N-ethyl adjacent to an activating group) is 1. The molecule has 0 aromatic carbocycles. The Bertz CT molecular complexity index is 197. The number of likely N-dealkylation sites (tertiary alicyclic amines) is 1. The van der Waals surface area contributed by atoms with E-state index in [9.17, 15) is 18.3 Å². The summed E-state index contributed by atoms with van der Waals surface area (Å²) in [6.07, 6.45) is -6.99. The molecule has 0 amide bonds. The number of aliphatic hydroxyl groups excluding tert-OH is 1. The van der Waals surface area contributed by atoms with Crippen molar-refractivity contribution in [2.75, 3.05) is 20.1 Å². The van der Waals surface area contributed by atoms with Crippen molar-refractivity contribution in [3.8, 4) is 0 Å². The molecule has 1 heterocycles. The second kappa shape index (κ2) is 3.11. The highest BCUT2D eigenvalue weighted by Crippen LogP contribution is 2.38. The van der Waals surface area contributed by atoms with Crippen molar-refractivity contribution >= 4 is 0 Å². The van der Waals surface area contributed by atoms with Gasteiger partial charge in [0, 0.05) is 19.5 Å². The molecule has 3 nitrogen and oxygen atoms in total. The molecule has 1 rings (SSSR count). The maximum atomic E-state index is 12.3. The Morgan fingerprint density at radius 1 is 1.46 bits per heavy atom. The van der Waals surface area contributed by atoms with Crippen LogP contribution in [0, 0.1) is 0 Å². The highest BCUT2D eigenvalue weighted by Gasteiger charge is 2.59. The molecular formula is C7H12F3NO2. The zero-order chi connectivity index (χ0) is 10.3. The molecule has 0 radical (unpaired) electrons. The quantitative estimate of drug-likeness (QED) is 0.576. The van der Waals surface area contributed by atoms with Crippen LogP contribution in [0.4, 0.5) is 13.2 Å². The molecule has 1 saturated heterocycles. The third kappa shape index (κ3) is 1.79. The standard InChI is InChI=1S/C7H12F3NO2/c1-11-3-2-6(13,5(12)4-11)7(8,9)10/h5,12-13H,2-4H2,1H3. The number of nitrogens with zero attached hydrogens (tertiary/aromatic N) is 1. The predicted molar refractivity (Wildman–Crippen MR) is 39.1 cm³/mol. The molecule has 0 spiro atoms. The van der Waals surface area contributed by atoms with E-state index in [-0.39, 0.29) is 13.1 Å². The Morgan fingerprint density at radius 3 is 2.38 bits per heavy atom. The fourth-order valence-corrected chi connectivity index (χ4v) is 1.40. The van der Waals surface area contributed by atoms with Crippen LogP contribution in [0.15, 0.2) is 0 Å². The molecular weight excluding hydrogens is 187 g/mol. The number of hydrogen-bond acceptors (Lipinski definition) is 3. The summed E-state index contributed by atoms with van der Waals surface area (Å²) >= 11 is 0. The molecule has 1 aliphatic heterocycles. The molecule has 0 aliphatic carbocycles. The first-order valence-electron chi connectivity index (χ1n) is 3.93. The van der Waals surface area contributed by atoms with Gasteiger partial charge in [0.05, 0.1) is 0 Å². The molecule has 13 heavy (non-hydrogen) atoms. The fourth-order valence-electron chi connectivity index (χ4n) is 1.40. The molecule has 0 saturated carbocycles. The normalized spacial score (nSPS) is 37.8. The zero-order valence-electron chi connectivity index (χ0n) is 7.17. The van der Waals surface area contributed by atoms with Crippen LogP contribution in [-0.2, 0) is 0 Å². The summed E-state index contributed by atoms with van der Waals surface area (Å²) in [6, 6.07) is 0. The van der Waals surface area contributed by atoms with Gasteiger partial charge in [-0.05, 0) is 7.05 Å². The van der Waals surface area contributed by atoms with Gasteiger partial charge in [0.25, 0.3) is 0 Å². The smallest absolute Gasteiger partial charge is 0.388 e. The van der Waals surface area contributed by atoms with Gasteiger partial charge in [0.2, 0.25) is 0 Å². The lowest BCUT2D eigenvalue weighted by atomic mass is 9.88. The largest absolute Gasteiger partial charge is 0.419 e. The third-order valence-electron chi connectivity index (χ3n) is 2.40. The van der Waals surface area contributed by atoms with Crippen LogP contribution in [0.5, 0.6) is 0 Å². The topological polar surface area (TPSA) is 43.7 Å². The summed E-state index contributed by atoms with van der Waals surface area (Å²) < 4.78 is 36.8. The second-order valence-corrected chi connectivity index (χ2v) is 3.45. The highest BCUT2D eigenvalue weighted by molar-refractivity contribution is 4.98. The Morgan fingerprint density at radius 2 is 2.00 bits per heavy atom. The lowest BCUT2D eigenvalue weighted by molar-refractivity contribution is -0.302. The lowest BCUT2D eigenvalue weighted by Gasteiger charge is -2.41. The third-order valence-corrected chi connectivity index (χ3v) is 2.40. The number of hydrogen-bond donors (Lipinski definition) is 2. The minimum absolute atomic E-state index is 0.132. The van der Waals surface area contributed by atoms with Crippen LogP contribution in [0.1, 0.15) is 6.42 Å². The monoisotopic (exact) mass is 199 g/mol. The summed E-state index contributed by atoms with van der Waals surface area (Å²) in [5.41, 5.74) is -2.93. The van der Waals surface area contributed by atoms with E-state index in [1.807, 2.05) is 0 Å². The van der Waals surface area contributed by atoms with Gasteiger partial charge in [-0.25, -0.2) is 0 Å². The van der Waals surface area contributed by atoms with Crippen molar-refractivity contribution in [1.29, 1.82) is 0 Å². The molecule has 0 aromatic heterocycles. The van der Waals surface area contributed by atoms with E-state index in [1.165, 1.54) is 0 Å². The summed E-state index contributed by atoms with van der Waals surface area (Å²) in [7, 11) is 1.60. The van der Waals surface area contributed by atoms with Gasteiger partial charge in [-0.2, -0.15) is 13.2 Å². The van der Waals surface area contributed by atoms with E-state index in [2.05, 4.69) is 0 Å². The van der Waals surface area contributed by atoms with Gasteiger partial charge in [-0.15, -0.1) is 0 Å². The average Bonchev–Trinajstić information content (AvgIpc) is 1.95. The summed E-state index contributed by atoms with van der Waals surface area (Å²) in [4.78, 5) is 1.55. The number of piperidine rings is 1. The second-order valence-electron chi connectivity index (χ2n) is 3.45. The molecule has 1 aliphatic rings. The Balaban J connectivity index is 2.79. The first-order valence-corrected chi connectivity index (χ1v) is 3.93. The number of aliphatic hydroxyl groups is 2. The first-order chi connectivity index (χ1) is 5.77. The summed E-state index contributed by atoms with van der Waals surface area (Å²) in [5.74, 6) is 0. The lowest BCUT2D eigenvalue weighted by Crippen LogP contribution is -2.62. The van der Waals surface area contributed by atoms with Crippen molar-refractivity contribution < 1.29 is 23.4 Å². The minimum Gasteiger partial charge on any atom is -0.388 e. The number of halogens is 3. The Kier molecular flexibility index (Phi) is 2.57. The van der Waals surface area contributed by atoms with Crippen LogP contribution >= 0.6 is 0 Å². The van der Waals surface area contributed by atoms with E-state index in [4.69, 9.17) is 5.11 Å². The van der Waals surface area contributed by atoms with Crippen molar-refractivity contribution in [3.05, 3.63) is 0 Å². The summed E-state index contributed by atoms with van der Waals surface area (Å²) in [5, 5.41) is 18.3. The zero-order valence-corrected chi connectivity index (χ0v) is 7.17. The average molecular weight is 199 g/mol. The van der Waals surface area contributed by atoms with Crippen molar-refractivity contribution in [1.82, 2.24) is 4.90 Å². The molecule has 78 valence electrons. The minimum atomic E-state index is -4.76. The molecule has 1 fully saturated rings. The highest BCUT2D eigenvalue weighted by atomic mass is 19.4. The predicted octanol–water partition coefficient (Wildman–Crippen LogP) is -0.0238. The van der Waals surface area contributed by atoms with Crippen molar-refractivity contribution in [2.45, 2.75) is 24.3 Å². The van der Waals surface area contributed by atoms with E-state index >= 15 is 0 Å². The molecule has 6 heteroatoms. The summed E-state index contributed by atoms with van der Waals surface area (Å²) in [6.45, 7) is -0.0247. The van der Waals surface area contributed by atoms with Crippen LogP contribution in [0.25, 0.3) is 0 Å². The Labute approximate surface area is 73.8 Å². The maximum Gasteiger partial charge on any atom is 0.419 e. The number of alkyl halides is 3.